The SMILES string of the molecule is C[C@H](NS(=O)(=O)c1ccc(OCc2ccccc2)cc1)C(=O)Oc1c[nH]c2ccccc12. The summed E-state index contributed by atoms with van der Waals surface area (Å²) >= 11 is 0. The molecule has 32 heavy (non-hydrogen) atoms. The van der Waals surface area contributed by atoms with Crippen molar-refractivity contribution in [1.82, 2.24) is 9.71 Å². The molecular weight excluding hydrogens is 428 g/mol. The Balaban J connectivity index is 1.37. The van der Waals surface area contributed by atoms with E-state index < -0.39 is 22.0 Å². The van der Waals surface area contributed by atoms with Crippen LogP contribution in [-0.4, -0.2) is 25.4 Å². The Morgan fingerprint density at radius 2 is 1.66 bits per heavy atom. The van der Waals surface area contributed by atoms with Crippen LogP contribution in [-0.2, 0) is 21.4 Å². The average molecular weight is 451 g/mol. The number of ether oxygens (including phenoxy) is 2. The first-order valence-corrected chi connectivity index (χ1v) is 11.5. The summed E-state index contributed by atoms with van der Waals surface area (Å²) in [4.78, 5) is 15.5. The molecule has 164 valence electrons. The van der Waals surface area contributed by atoms with Gasteiger partial charge in [-0.25, -0.2) is 13.2 Å². The first kappa shape index (κ1) is 21.6. The molecule has 0 bridgehead atoms. The molecule has 1 heterocycles. The van der Waals surface area contributed by atoms with Crippen LogP contribution in [0.3, 0.4) is 0 Å². The monoisotopic (exact) mass is 450 g/mol. The number of H-pyrrole nitrogens is 1. The first-order chi connectivity index (χ1) is 15.4. The van der Waals surface area contributed by atoms with Crippen LogP contribution >= 0.6 is 0 Å². The zero-order chi connectivity index (χ0) is 22.6. The number of carbonyl (C=O) groups excluding carboxylic acids is 1. The van der Waals surface area contributed by atoms with Gasteiger partial charge in [0, 0.05) is 17.1 Å². The van der Waals surface area contributed by atoms with Crippen molar-refractivity contribution in [3.63, 3.8) is 0 Å². The summed E-state index contributed by atoms with van der Waals surface area (Å²) in [6.45, 7) is 1.81. The van der Waals surface area contributed by atoms with Crippen molar-refractivity contribution in [3.8, 4) is 11.5 Å². The molecule has 0 saturated heterocycles. The van der Waals surface area contributed by atoms with Crippen molar-refractivity contribution in [2.24, 2.45) is 0 Å². The van der Waals surface area contributed by atoms with Gasteiger partial charge in [-0.1, -0.05) is 42.5 Å². The second kappa shape index (κ2) is 9.25. The average Bonchev–Trinajstić information content (AvgIpc) is 3.21. The summed E-state index contributed by atoms with van der Waals surface area (Å²) < 4.78 is 38.8. The van der Waals surface area contributed by atoms with Gasteiger partial charge >= 0.3 is 5.97 Å². The van der Waals surface area contributed by atoms with Crippen molar-refractivity contribution in [1.29, 1.82) is 0 Å². The Morgan fingerprint density at radius 3 is 2.41 bits per heavy atom. The number of hydrogen-bond acceptors (Lipinski definition) is 5. The van der Waals surface area contributed by atoms with Crippen LogP contribution in [0.2, 0.25) is 0 Å². The predicted octanol–water partition coefficient (Wildman–Crippen LogP) is 4.02. The van der Waals surface area contributed by atoms with Crippen molar-refractivity contribution in [3.05, 3.63) is 90.6 Å². The molecule has 0 aliphatic carbocycles. The highest BCUT2D eigenvalue weighted by molar-refractivity contribution is 7.89. The molecule has 0 saturated carbocycles. The molecule has 4 rings (SSSR count). The largest absolute Gasteiger partial charge is 0.489 e. The van der Waals surface area contributed by atoms with Gasteiger partial charge in [0.15, 0.2) is 5.75 Å². The third kappa shape index (κ3) is 4.99. The van der Waals surface area contributed by atoms with E-state index in [9.17, 15) is 13.2 Å². The normalized spacial score (nSPS) is 12.4. The first-order valence-electron chi connectivity index (χ1n) is 9.99. The van der Waals surface area contributed by atoms with E-state index in [2.05, 4.69) is 9.71 Å². The lowest BCUT2D eigenvalue weighted by Gasteiger charge is -2.14. The Kier molecular flexibility index (Phi) is 6.25. The van der Waals surface area contributed by atoms with Gasteiger partial charge in [0.1, 0.15) is 18.4 Å². The fourth-order valence-electron chi connectivity index (χ4n) is 3.13. The number of nitrogens with one attached hydrogen (secondary N) is 2. The van der Waals surface area contributed by atoms with Gasteiger partial charge in [0.05, 0.1) is 4.90 Å². The summed E-state index contributed by atoms with van der Waals surface area (Å²) in [5.74, 6) is 0.178. The van der Waals surface area contributed by atoms with Gasteiger partial charge in [-0.2, -0.15) is 4.72 Å². The third-order valence-corrected chi connectivity index (χ3v) is 6.39. The van der Waals surface area contributed by atoms with E-state index in [1.165, 1.54) is 19.1 Å². The Hall–Kier alpha value is -3.62. The highest BCUT2D eigenvalue weighted by atomic mass is 32.2. The topological polar surface area (TPSA) is 97.5 Å². The zero-order valence-corrected chi connectivity index (χ0v) is 18.1. The third-order valence-electron chi connectivity index (χ3n) is 4.83. The number of aromatic amines is 1. The number of para-hydroxylation sites is 1. The number of hydrogen-bond donors (Lipinski definition) is 2. The van der Waals surface area contributed by atoms with E-state index >= 15 is 0 Å². The number of aromatic nitrogens is 1. The lowest BCUT2D eigenvalue weighted by atomic mass is 10.2. The van der Waals surface area contributed by atoms with Gasteiger partial charge in [-0.3, -0.25) is 0 Å². The summed E-state index contributed by atoms with van der Waals surface area (Å²) in [5, 5.41) is 0.738. The molecule has 0 aliphatic heterocycles. The number of esters is 1. The number of sulfonamides is 1. The molecule has 3 aromatic carbocycles. The minimum Gasteiger partial charge on any atom is -0.489 e. The fraction of sp³-hybridized carbons (Fsp3) is 0.125. The van der Waals surface area contributed by atoms with Crippen LogP contribution in [0.5, 0.6) is 11.5 Å². The number of fused-ring (bicyclic) bond motifs is 1. The van der Waals surface area contributed by atoms with E-state index in [0.717, 1.165) is 16.5 Å². The Morgan fingerprint density at radius 1 is 0.969 bits per heavy atom. The molecule has 1 aromatic heterocycles. The van der Waals surface area contributed by atoms with Crippen LogP contribution < -0.4 is 14.2 Å². The zero-order valence-electron chi connectivity index (χ0n) is 17.3. The predicted molar refractivity (Wildman–Crippen MR) is 121 cm³/mol. The van der Waals surface area contributed by atoms with Gasteiger partial charge in [0.25, 0.3) is 0 Å². The lowest BCUT2D eigenvalue weighted by molar-refractivity contribution is -0.135. The van der Waals surface area contributed by atoms with E-state index in [0.29, 0.717) is 18.1 Å². The smallest absolute Gasteiger partial charge is 0.329 e. The molecule has 0 fully saturated rings. The second-order valence-electron chi connectivity index (χ2n) is 7.21. The van der Waals surface area contributed by atoms with Crippen molar-refractivity contribution >= 4 is 26.9 Å². The van der Waals surface area contributed by atoms with Crippen molar-refractivity contribution in [2.75, 3.05) is 0 Å². The molecule has 0 spiro atoms. The summed E-state index contributed by atoms with van der Waals surface area (Å²) in [6, 6.07) is 21.9. The van der Waals surface area contributed by atoms with Crippen LogP contribution in [0.15, 0.2) is 90.0 Å². The van der Waals surface area contributed by atoms with E-state index in [-0.39, 0.29) is 4.90 Å². The fourth-order valence-corrected chi connectivity index (χ4v) is 4.32. The van der Waals surface area contributed by atoms with Gasteiger partial charge in [-0.05, 0) is 48.9 Å². The summed E-state index contributed by atoms with van der Waals surface area (Å²) in [6.07, 6.45) is 1.57. The summed E-state index contributed by atoms with van der Waals surface area (Å²) in [5.41, 5.74) is 1.83. The standard InChI is InChI=1S/C24H22N2O5S/c1-17(24(27)31-23-15-25-22-10-6-5-9-21(22)23)26-32(28,29)20-13-11-19(12-14-20)30-16-18-7-3-2-4-8-18/h2-15,17,25-26H,16H2,1H3/t17-/m0/s1. The Labute approximate surface area is 186 Å². The lowest BCUT2D eigenvalue weighted by Crippen LogP contribution is -2.40. The number of benzene rings is 3. The highest BCUT2D eigenvalue weighted by Crippen LogP contribution is 2.25. The van der Waals surface area contributed by atoms with Gasteiger partial charge in [0.2, 0.25) is 10.0 Å². The Bertz CT molecular complexity index is 1320. The molecule has 1 atom stereocenters. The van der Waals surface area contributed by atoms with Crippen LogP contribution in [0.4, 0.5) is 0 Å². The van der Waals surface area contributed by atoms with E-state index in [1.54, 1.807) is 18.3 Å². The second-order valence-corrected chi connectivity index (χ2v) is 8.92. The molecule has 4 aromatic rings. The maximum atomic E-state index is 12.7. The van der Waals surface area contributed by atoms with Crippen LogP contribution in [0.1, 0.15) is 12.5 Å². The van der Waals surface area contributed by atoms with Gasteiger partial charge in [-0.15, -0.1) is 0 Å². The molecule has 0 aliphatic rings. The van der Waals surface area contributed by atoms with Crippen molar-refractivity contribution in [2.45, 2.75) is 24.5 Å². The minimum absolute atomic E-state index is 0.0244. The molecule has 0 amide bonds. The number of rotatable bonds is 8. The molecular formula is C24H22N2O5S. The molecule has 0 unspecified atom stereocenters. The molecule has 8 heteroatoms. The summed E-state index contributed by atoms with van der Waals surface area (Å²) in [7, 11) is -3.92. The molecule has 2 N–H and O–H groups in total. The maximum Gasteiger partial charge on any atom is 0.329 e. The minimum atomic E-state index is -3.92. The maximum absolute atomic E-state index is 12.7. The van der Waals surface area contributed by atoms with Crippen LogP contribution in [0, 0.1) is 0 Å². The quantitative estimate of drug-likeness (QED) is 0.395. The molecule has 0 radical (unpaired) electrons. The number of carbonyl (C=O) groups is 1. The molecule has 7 nitrogen and oxygen atoms in total. The van der Waals surface area contributed by atoms with Crippen LogP contribution in [0.25, 0.3) is 10.9 Å². The van der Waals surface area contributed by atoms with Gasteiger partial charge < -0.3 is 14.5 Å². The van der Waals surface area contributed by atoms with E-state index in [4.69, 9.17) is 9.47 Å². The van der Waals surface area contributed by atoms with Crippen molar-refractivity contribution < 1.29 is 22.7 Å². The highest BCUT2D eigenvalue weighted by Gasteiger charge is 2.24. The van der Waals surface area contributed by atoms with E-state index in [1.807, 2.05) is 54.6 Å².